The summed E-state index contributed by atoms with van der Waals surface area (Å²) in [5.41, 5.74) is 0.451. The van der Waals surface area contributed by atoms with Crippen LogP contribution in [0.4, 0.5) is 0 Å². The number of hydrogen-bond donors (Lipinski definition) is 1. The lowest BCUT2D eigenvalue weighted by atomic mass is 9.86. The van der Waals surface area contributed by atoms with Crippen molar-refractivity contribution >= 4 is 0 Å². The van der Waals surface area contributed by atoms with Crippen LogP contribution in [0.2, 0.25) is 0 Å². The fraction of sp³-hybridized carbons (Fsp3) is 1.00. The smallest absolute Gasteiger partial charge is 0.00967 e. The van der Waals surface area contributed by atoms with Gasteiger partial charge in [0, 0.05) is 25.7 Å². The summed E-state index contributed by atoms with van der Waals surface area (Å²) in [6.45, 7) is 14.4. The summed E-state index contributed by atoms with van der Waals surface area (Å²) in [7, 11) is 0. The number of nitrogens with one attached hydrogen (secondary N) is 1. The number of hydrogen-bond acceptors (Lipinski definition) is 2. The first-order valence-electron chi connectivity index (χ1n) is 8.47. The Bertz CT molecular complexity index is 268. The average Bonchev–Trinajstić information content (AvgIpc) is 3.20. The second kappa shape index (κ2) is 6.58. The predicted molar refractivity (Wildman–Crippen MR) is 83.4 cm³/mol. The molecule has 0 spiro atoms. The normalized spacial score (nSPS) is 23.1. The molecule has 2 rings (SSSR count). The first kappa shape index (κ1) is 15.3. The van der Waals surface area contributed by atoms with Gasteiger partial charge in [-0.2, -0.15) is 0 Å². The average molecular weight is 266 g/mol. The van der Waals surface area contributed by atoms with E-state index in [1.807, 2.05) is 0 Å². The van der Waals surface area contributed by atoms with Gasteiger partial charge in [0.1, 0.15) is 0 Å². The third-order valence-electron chi connectivity index (χ3n) is 4.80. The van der Waals surface area contributed by atoms with Gasteiger partial charge < -0.3 is 5.32 Å². The van der Waals surface area contributed by atoms with Crippen LogP contribution in [0, 0.1) is 17.3 Å². The highest BCUT2D eigenvalue weighted by Crippen LogP contribution is 2.37. The molecule has 1 N–H and O–H groups in total. The molecule has 0 saturated heterocycles. The van der Waals surface area contributed by atoms with E-state index >= 15 is 0 Å². The lowest BCUT2D eigenvalue weighted by molar-refractivity contribution is 0.142. The van der Waals surface area contributed by atoms with Crippen molar-refractivity contribution in [3.63, 3.8) is 0 Å². The Morgan fingerprint density at radius 2 is 1.89 bits per heavy atom. The summed E-state index contributed by atoms with van der Waals surface area (Å²) < 4.78 is 0. The molecule has 2 aliphatic rings. The Balaban J connectivity index is 1.79. The molecule has 0 bridgehead atoms. The van der Waals surface area contributed by atoms with Gasteiger partial charge in [-0.25, -0.2) is 0 Å². The monoisotopic (exact) mass is 266 g/mol. The molecule has 0 radical (unpaired) electrons. The van der Waals surface area contributed by atoms with Gasteiger partial charge in [0.05, 0.1) is 0 Å². The zero-order valence-corrected chi connectivity index (χ0v) is 13.5. The highest BCUT2D eigenvalue weighted by molar-refractivity contribution is 4.92. The lowest BCUT2D eigenvalue weighted by Crippen LogP contribution is -2.44. The predicted octanol–water partition coefficient (Wildman–Crippen LogP) is 3.52. The van der Waals surface area contributed by atoms with E-state index in [1.165, 1.54) is 51.7 Å². The molecule has 2 fully saturated rings. The van der Waals surface area contributed by atoms with Gasteiger partial charge >= 0.3 is 0 Å². The molecule has 2 aliphatic carbocycles. The molecule has 0 aromatic heterocycles. The van der Waals surface area contributed by atoms with Crippen LogP contribution in [-0.4, -0.2) is 37.1 Å². The standard InChI is InChI=1S/C17H34N2/c1-5-17(4,12-18-10-14(2)3)13-19(16-8-9-16)11-15-6-7-15/h14-16,18H,5-13H2,1-4H3. The second-order valence-corrected chi connectivity index (χ2v) is 7.79. The van der Waals surface area contributed by atoms with E-state index in [2.05, 4.69) is 37.9 Å². The summed E-state index contributed by atoms with van der Waals surface area (Å²) >= 11 is 0. The largest absolute Gasteiger partial charge is 0.316 e. The SMILES string of the molecule is CCC(C)(CNCC(C)C)CN(CC1CC1)C1CC1. The molecule has 2 saturated carbocycles. The quantitative estimate of drug-likeness (QED) is 0.651. The van der Waals surface area contributed by atoms with Crippen LogP contribution in [0.3, 0.4) is 0 Å². The van der Waals surface area contributed by atoms with Crippen LogP contribution in [0.5, 0.6) is 0 Å². The minimum atomic E-state index is 0.451. The maximum absolute atomic E-state index is 3.68. The van der Waals surface area contributed by atoms with Gasteiger partial charge in [0.15, 0.2) is 0 Å². The van der Waals surface area contributed by atoms with Gasteiger partial charge in [0.2, 0.25) is 0 Å². The van der Waals surface area contributed by atoms with E-state index in [-0.39, 0.29) is 0 Å². The first-order chi connectivity index (χ1) is 9.02. The minimum Gasteiger partial charge on any atom is -0.316 e. The van der Waals surface area contributed by atoms with Gasteiger partial charge in [-0.05, 0) is 55.9 Å². The molecule has 1 atom stereocenters. The highest BCUT2D eigenvalue weighted by atomic mass is 15.2. The summed E-state index contributed by atoms with van der Waals surface area (Å²) in [5, 5.41) is 3.68. The van der Waals surface area contributed by atoms with Gasteiger partial charge in [0.25, 0.3) is 0 Å². The summed E-state index contributed by atoms with van der Waals surface area (Å²) in [4.78, 5) is 2.82. The van der Waals surface area contributed by atoms with Crippen molar-refractivity contribution in [2.75, 3.05) is 26.2 Å². The Labute approximate surface area is 120 Å². The molecule has 2 nitrogen and oxygen atoms in total. The van der Waals surface area contributed by atoms with Crippen molar-refractivity contribution in [1.82, 2.24) is 10.2 Å². The zero-order valence-electron chi connectivity index (χ0n) is 13.5. The van der Waals surface area contributed by atoms with Crippen molar-refractivity contribution < 1.29 is 0 Å². The van der Waals surface area contributed by atoms with Crippen LogP contribution >= 0.6 is 0 Å². The highest BCUT2D eigenvalue weighted by Gasteiger charge is 2.37. The zero-order chi connectivity index (χ0) is 13.9. The minimum absolute atomic E-state index is 0.451. The Morgan fingerprint density at radius 3 is 2.37 bits per heavy atom. The maximum Gasteiger partial charge on any atom is 0.00967 e. The van der Waals surface area contributed by atoms with Crippen LogP contribution < -0.4 is 5.32 Å². The van der Waals surface area contributed by atoms with E-state index < -0.39 is 0 Å². The van der Waals surface area contributed by atoms with E-state index in [0.717, 1.165) is 24.4 Å². The van der Waals surface area contributed by atoms with Gasteiger partial charge in [-0.1, -0.05) is 27.7 Å². The topological polar surface area (TPSA) is 15.3 Å². The Morgan fingerprint density at radius 1 is 1.21 bits per heavy atom. The van der Waals surface area contributed by atoms with E-state index in [0.29, 0.717) is 5.41 Å². The molecular formula is C17H34N2. The van der Waals surface area contributed by atoms with E-state index in [9.17, 15) is 0 Å². The van der Waals surface area contributed by atoms with Crippen LogP contribution in [0.15, 0.2) is 0 Å². The molecule has 1 unspecified atom stereocenters. The van der Waals surface area contributed by atoms with Gasteiger partial charge in [-0.15, -0.1) is 0 Å². The third kappa shape index (κ3) is 5.43. The summed E-state index contributed by atoms with van der Waals surface area (Å²) in [6.07, 6.45) is 7.15. The number of rotatable bonds is 10. The fourth-order valence-electron chi connectivity index (χ4n) is 2.86. The summed E-state index contributed by atoms with van der Waals surface area (Å²) in [5.74, 6) is 1.79. The molecule has 0 aliphatic heterocycles. The second-order valence-electron chi connectivity index (χ2n) is 7.79. The van der Waals surface area contributed by atoms with Crippen LogP contribution in [0.25, 0.3) is 0 Å². The van der Waals surface area contributed by atoms with Crippen molar-refractivity contribution in [3.05, 3.63) is 0 Å². The van der Waals surface area contributed by atoms with Crippen molar-refractivity contribution in [2.24, 2.45) is 17.3 Å². The first-order valence-corrected chi connectivity index (χ1v) is 8.47. The lowest BCUT2D eigenvalue weighted by Gasteiger charge is -2.36. The van der Waals surface area contributed by atoms with Crippen molar-refractivity contribution in [1.29, 1.82) is 0 Å². The molecule has 2 heteroatoms. The maximum atomic E-state index is 3.68. The van der Waals surface area contributed by atoms with E-state index in [1.54, 1.807) is 0 Å². The molecule has 112 valence electrons. The van der Waals surface area contributed by atoms with Crippen molar-refractivity contribution in [3.8, 4) is 0 Å². The van der Waals surface area contributed by atoms with E-state index in [4.69, 9.17) is 0 Å². The van der Waals surface area contributed by atoms with Gasteiger partial charge in [-0.3, -0.25) is 4.90 Å². The molecule has 0 amide bonds. The van der Waals surface area contributed by atoms with Crippen LogP contribution in [0.1, 0.15) is 59.8 Å². The molecule has 0 aromatic rings. The molecule has 0 heterocycles. The third-order valence-corrected chi connectivity index (χ3v) is 4.80. The number of nitrogens with zero attached hydrogens (tertiary/aromatic N) is 1. The van der Waals surface area contributed by atoms with Crippen LogP contribution in [-0.2, 0) is 0 Å². The Hall–Kier alpha value is -0.0800. The Kier molecular flexibility index (Phi) is 5.30. The fourth-order valence-corrected chi connectivity index (χ4v) is 2.86. The molecule has 0 aromatic carbocycles. The molecule has 19 heavy (non-hydrogen) atoms. The van der Waals surface area contributed by atoms with Crippen molar-refractivity contribution in [2.45, 2.75) is 65.8 Å². The summed E-state index contributed by atoms with van der Waals surface area (Å²) in [6, 6.07) is 0.927. The molecular weight excluding hydrogens is 232 g/mol.